The van der Waals surface area contributed by atoms with Gasteiger partial charge in [0.25, 0.3) is 0 Å². The molecule has 3 heterocycles. The fraction of sp³-hybridized carbons (Fsp3) is 0.256. The summed E-state index contributed by atoms with van der Waals surface area (Å²) in [5, 5.41) is 4.67. The average molecular weight is 870 g/mol. The Morgan fingerprint density at radius 1 is 0.863 bits per heavy atom. The van der Waals surface area contributed by atoms with E-state index in [-0.39, 0.29) is 36.8 Å². The molecule has 0 N–H and O–H groups in total. The monoisotopic (exact) mass is 870 g/mol. The Balaban J connectivity index is 0.000000223. The van der Waals surface area contributed by atoms with E-state index in [9.17, 15) is 17.6 Å². The maximum Gasteiger partial charge on any atom is 0.416 e. The Hall–Kier alpha value is -4.39. The van der Waals surface area contributed by atoms with Gasteiger partial charge >= 0.3 is 6.18 Å². The van der Waals surface area contributed by atoms with Gasteiger partial charge < -0.3 is 9.40 Å². The zero-order chi connectivity index (χ0) is 38.5. The standard InChI is InChI=1S/C30H30NO.C13H8F4N.Ir/c1-18(2)13-20-11-12-24-26(14-20)32-29-27(24)19(3)17-31-28(29)22-15-21-9-7-8-10-23(21)25(16-22)30(4,5)6;1-8-7-18-12(6-11(8)13(15,16)17)9-2-4-10(14)5-3-9;/h7-12,14,16-18H,13H2,1-6H3;2,4-7H,1H3;/q2*-1;/i;1D3;. The summed E-state index contributed by atoms with van der Waals surface area (Å²) >= 11 is 0. The number of nitrogens with zero attached hydrogens (tertiary/aromatic N) is 2. The molecule has 0 fully saturated rings. The molecule has 3 nitrogen and oxygen atoms in total. The summed E-state index contributed by atoms with van der Waals surface area (Å²) in [7, 11) is 0. The van der Waals surface area contributed by atoms with Gasteiger partial charge in [0.2, 0.25) is 0 Å². The number of hydrogen-bond donors (Lipinski definition) is 0. The topological polar surface area (TPSA) is 38.9 Å². The molecule has 7 rings (SSSR count). The molecule has 1 radical (unpaired) electrons. The van der Waals surface area contributed by atoms with E-state index in [1.165, 1.54) is 22.6 Å². The molecule has 0 spiro atoms. The van der Waals surface area contributed by atoms with Crippen LogP contribution in [0, 0.1) is 37.6 Å². The number of rotatable bonds is 4. The second-order valence-electron chi connectivity index (χ2n) is 14.0. The fourth-order valence-corrected chi connectivity index (χ4v) is 6.15. The summed E-state index contributed by atoms with van der Waals surface area (Å²) in [6, 6.07) is 27.3. The van der Waals surface area contributed by atoms with Crippen LogP contribution in [0.3, 0.4) is 0 Å². The average Bonchev–Trinajstić information content (AvgIpc) is 3.46. The number of halogens is 4. The van der Waals surface area contributed by atoms with Gasteiger partial charge in [-0.3, -0.25) is 9.37 Å². The van der Waals surface area contributed by atoms with Crippen LogP contribution < -0.4 is 0 Å². The van der Waals surface area contributed by atoms with Gasteiger partial charge in [0.05, 0.1) is 5.56 Å². The van der Waals surface area contributed by atoms with E-state index in [4.69, 9.17) is 13.5 Å². The molecule has 265 valence electrons. The van der Waals surface area contributed by atoms with Gasteiger partial charge in [0.15, 0.2) is 0 Å². The first kappa shape index (κ1) is 33.7. The predicted octanol–water partition coefficient (Wildman–Crippen LogP) is 12.4. The minimum atomic E-state index is -4.83. The minimum Gasteiger partial charge on any atom is -0.462 e. The zero-order valence-electron chi connectivity index (χ0n) is 32.0. The molecule has 0 aliphatic heterocycles. The van der Waals surface area contributed by atoms with Crippen molar-refractivity contribution < 1.29 is 46.2 Å². The molecule has 0 aliphatic carbocycles. The number of aromatic nitrogens is 2. The molecule has 0 aliphatic rings. The molecule has 0 saturated carbocycles. The summed E-state index contributed by atoms with van der Waals surface area (Å²) in [5.74, 6) is 0.0210. The van der Waals surface area contributed by atoms with Crippen LogP contribution in [-0.4, -0.2) is 9.97 Å². The van der Waals surface area contributed by atoms with Gasteiger partial charge in [-0.25, -0.2) is 0 Å². The van der Waals surface area contributed by atoms with E-state index in [1.807, 2.05) is 6.20 Å². The van der Waals surface area contributed by atoms with Crippen LogP contribution in [-0.2, 0) is 38.1 Å². The van der Waals surface area contributed by atoms with Crippen molar-refractivity contribution >= 4 is 32.7 Å². The smallest absolute Gasteiger partial charge is 0.416 e. The molecule has 7 aromatic rings. The van der Waals surface area contributed by atoms with Crippen molar-refractivity contribution in [2.75, 3.05) is 0 Å². The van der Waals surface area contributed by atoms with Crippen LogP contribution >= 0.6 is 0 Å². The SMILES string of the molecule is Cc1cnc(-c2[c-]c3ccccc3c(C(C)(C)C)c2)c2oc3cc(CC(C)C)ccc3c12.[2H]C([2H])([2H])c1cnc(-c2[c-]cc(F)cc2)cc1C(F)(F)F.[Ir]. The molecule has 8 heteroatoms. The molecular formula is C43H38F4IrN2O-2. The molecular weight excluding hydrogens is 829 g/mol. The van der Waals surface area contributed by atoms with Crippen LogP contribution in [0.25, 0.3) is 55.2 Å². The van der Waals surface area contributed by atoms with Gasteiger partial charge in [-0.1, -0.05) is 82.0 Å². The molecule has 3 aromatic heterocycles. The van der Waals surface area contributed by atoms with E-state index in [0.717, 1.165) is 62.7 Å². The van der Waals surface area contributed by atoms with E-state index in [1.54, 1.807) is 0 Å². The summed E-state index contributed by atoms with van der Waals surface area (Å²) < 4.78 is 79.7. The molecule has 0 atom stereocenters. The largest absolute Gasteiger partial charge is 0.462 e. The van der Waals surface area contributed by atoms with Gasteiger partial charge in [-0.2, -0.15) is 13.2 Å². The number of hydrogen-bond acceptors (Lipinski definition) is 3. The van der Waals surface area contributed by atoms with Crippen LogP contribution in [0.5, 0.6) is 0 Å². The molecule has 51 heavy (non-hydrogen) atoms. The number of alkyl halides is 3. The van der Waals surface area contributed by atoms with Gasteiger partial charge in [-0.05, 0) is 60.0 Å². The zero-order valence-corrected chi connectivity index (χ0v) is 31.4. The van der Waals surface area contributed by atoms with E-state index in [0.29, 0.717) is 18.2 Å². The summed E-state index contributed by atoms with van der Waals surface area (Å²) in [6.45, 7) is 10.5. The summed E-state index contributed by atoms with van der Waals surface area (Å²) in [5.41, 5.74) is 5.24. The second-order valence-corrected chi connectivity index (χ2v) is 14.0. The van der Waals surface area contributed by atoms with Crippen molar-refractivity contribution in [3.63, 3.8) is 0 Å². The third-order valence-corrected chi connectivity index (χ3v) is 8.49. The number of benzene rings is 4. The number of pyridine rings is 2. The van der Waals surface area contributed by atoms with Crippen LogP contribution in [0.4, 0.5) is 17.6 Å². The Labute approximate surface area is 313 Å². The van der Waals surface area contributed by atoms with Gasteiger partial charge in [-0.15, -0.1) is 59.0 Å². The van der Waals surface area contributed by atoms with Crippen LogP contribution in [0.15, 0.2) is 89.6 Å². The predicted molar refractivity (Wildman–Crippen MR) is 193 cm³/mol. The third-order valence-electron chi connectivity index (χ3n) is 8.49. The Kier molecular flexibility index (Phi) is 9.72. The fourth-order valence-electron chi connectivity index (χ4n) is 6.15. The first-order valence-corrected chi connectivity index (χ1v) is 16.3. The van der Waals surface area contributed by atoms with Crippen molar-refractivity contribution in [1.29, 1.82) is 0 Å². The maximum absolute atomic E-state index is 13.0. The Morgan fingerprint density at radius 3 is 2.27 bits per heavy atom. The number of fused-ring (bicyclic) bond motifs is 4. The van der Waals surface area contributed by atoms with Gasteiger partial charge in [0.1, 0.15) is 11.2 Å². The van der Waals surface area contributed by atoms with Crippen LogP contribution in [0.1, 0.15) is 66.5 Å². The molecule has 4 aromatic carbocycles. The van der Waals surface area contributed by atoms with E-state index in [2.05, 4.69) is 107 Å². The van der Waals surface area contributed by atoms with Crippen LogP contribution in [0.2, 0.25) is 0 Å². The van der Waals surface area contributed by atoms with Gasteiger partial charge in [0, 0.05) is 58.9 Å². The van der Waals surface area contributed by atoms with Crippen molar-refractivity contribution in [2.45, 2.75) is 66.4 Å². The minimum absolute atomic E-state index is 0. The first-order valence-electron chi connectivity index (χ1n) is 17.8. The normalized spacial score (nSPS) is 13.0. The number of aryl methyl sites for hydroxylation is 2. The van der Waals surface area contributed by atoms with E-state index >= 15 is 0 Å². The first-order chi connectivity index (χ1) is 24.8. The summed E-state index contributed by atoms with van der Waals surface area (Å²) in [4.78, 5) is 8.55. The maximum atomic E-state index is 13.0. The Morgan fingerprint density at radius 2 is 1.61 bits per heavy atom. The molecule has 0 unspecified atom stereocenters. The Bertz CT molecular complexity index is 2450. The van der Waals surface area contributed by atoms with E-state index < -0.39 is 30.0 Å². The second kappa shape index (κ2) is 14.7. The van der Waals surface area contributed by atoms with Crippen molar-refractivity contribution in [2.24, 2.45) is 5.92 Å². The van der Waals surface area contributed by atoms with Crippen molar-refractivity contribution in [3.05, 3.63) is 131 Å². The van der Waals surface area contributed by atoms with Crippen molar-refractivity contribution in [1.82, 2.24) is 9.97 Å². The third kappa shape index (κ3) is 8.08. The molecule has 0 amide bonds. The quantitative estimate of drug-likeness (QED) is 0.131. The number of furan rings is 1. The molecule has 0 saturated heterocycles. The molecule has 0 bridgehead atoms. The van der Waals surface area contributed by atoms with Crippen molar-refractivity contribution in [3.8, 4) is 22.5 Å². The summed E-state index contributed by atoms with van der Waals surface area (Å²) in [6.07, 6.45) is -1.15.